The number of carbonyl (C=O) groups is 2. The van der Waals surface area contributed by atoms with Crippen LogP contribution < -0.4 is 25.4 Å². The number of aromatic nitrogens is 3. The molecule has 1 saturated heterocycles. The van der Waals surface area contributed by atoms with E-state index >= 15 is 0 Å². The summed E-state index contributed by atoms with van der Waals surface area (Å²) in [5.74, 6) is 2.16. The first kappa shape index (κ1) is 32.9. The minimum atomic E-state index is -0.544. The van der Waals surface area contributed by atoms with Crippen LogP contribution in [0.4, 0.5) is 26.9 Å². The molecule has 4 aromatic rings. The number of carbonyl (C=O) groups excluding carboxylic acids is 2. The topological polar surface area (TPSA) is 123 Å². The average molecular weight is 667 g/mol. The number of halogens is 2. The van der Waals surface area contributed by atoms with E-state index in [1.807, 2.05) is 65.0 Å². The number of hydrogen-bond donors (Lipinski definition) is 3. The van der Waals surface area contributed by atoms with E-state index in [1.54, 1.807) is 41.0 Å². The number of rotatable bonds is 7. The molecular weight excluding hydrogens is 629 g/mol. The van der Waals surface area contributed by atoms with Crippen LogP contribution in [0.3, 0.4) is 0 Å². The molecule has 1 aliphatic heterocycles. The molecule has 2 aromatic carbocycles. The van der Waals surface area contributed by atoms with Gasteiger partial charge in [0.1, 0.15) is 33.9 Å². The fraction of sp³-hybridized carbons (Fsp3) is 0.333. The van der Waals surface area contributed by atoms with Crippen LogP contribution in [0, 0.1) is 0 Å². The van der Waals surface area contributed by atoms with Gasteiger partial charge in [-0.3, -0.25) is 10.6 Å². The molecule has 13 heteroatoms. The monoisotopic (exact) mass is 665 g/mol. The van der Waals surface area contributed by atoms with Gasteiger partial charge >= 0.3 is 12.1 Å². The second-order valence-corrected chi connectivity index (χ2v) is 13.3. The molecule has 0 saturated carbocycles. The molecule has 3 N–H and O–H groups in total. The van der Waals surface area contributed by atoms with E-state index in [0.29, 0.717) is 29.7 Å². The summed E-state index contributed by atoms with van der Waals surface area (Å²) < 4.78 is 12.9. The summed E-state index contributed by atoms with van der Waals surface area (Å²) in [6.45, 7) is 10.9. The first-order valence-corrected chi connectivity index (χ1v) is 15.5. The number of amides is 4. The van der Waals surface area contributed by atoms with Crippen molar-refractivity contribution in [3.63, 3.8) is 0 Å². The Balaban J connectivity index is 1.29. The van der Waals surface area contributed by atoms with Gasteiger partial charge in [0, 0.05) is 35.8 Å². The van der Waals surface area contributed by atoms with Gasteiger partial charge in [-0.15, -0.1) is 0 Å². The van der Waals surface area contributed by atoms with Crippen LogP contribution in [0.1, 0.15) is 53.2 Å². The van der Waals surface area contributed by atoms with E-state index in [1.165, 1.54) is 6.20 Å². The summed E-state index contributed by atoms with van der Waals surface area (Å²) in [5.41, 5.74) is 1.33. The lowest BCUT2D eigenvalue weighted by atomic mass is 9.92. The third-order valence-electron chi connectivity index (χ3n) is 7.67. The van der Waals surface area contributed by atoms with Crippen LogP contribution in [0.5, 0.6) is 17.2 Å². The Morgan fingerprint density at radius 3 is 2.33 bits per heavy atom. The maximum absolute atomic E-state index is 13.2. The minimum Gasteiger partial charge on any atom is -0.497 e. The molecule has 4 amide bonds. The number of likely N-dealkylation sites (tertiary alicyclic amines) is 1. The molecule has 0 spiro atoms. The highest BCUT2D eigenvalue weighted by molar-refractivity contribution is 6.45. The van der Waals surface area contributed by atoms with Gasteiger partial charge in [-0.25, -0.2) is 19.3 Å². The smallest absolute Gasteiger partial charge is 0.324 e. The van der Waals surface area contributed by atoms with Crippen LogP contribution in [-0.2, 0) is 5.41 Å². The average Bonchev–Trinajstić information content (AvgIpc) is 3.60. The number of ether oxygens (including phenoxy) is 2. The molecule has 5 rings (SSSR count). The van der Waals surface area contributed by atoms with Crippen molar-refractivity contribution < 1.29 is 19.1 Å². The predicted octanol–water partition coefficient (Wildman–Crippen LogP) is 8.72. The Morgan fingerprint density at radius 2 is 1.67 bits per heavy atom. The van der Waals surface area contributed by atoms with Crippen molar-refractivity contribution >= 4 is 52.6 Å². The van der Waals surface area contributed by atoms with Crippen molar-refractivity contribution in [1.82, 2.24) is 19.7 Å². The number of pyridine rings is 1. The van der Waals surface area contributed by atoms with Crippen molar-refractivity contribution in [3.05, 3.63) is 76.5 Å². The molecular formula is C33H37Cl2N7O4. The van der Waals surface area contributed by atoms with Crippen LogP contribution in [-0.4, -0.2) is 50.9 Å². The maximum Gasteiger partial charge on any atom is 0.324 e. The van der Waals surface area contributed by atoms with E-state index in [4.69, 9.17) is 37.8 Å². The van der Waals surface area contributed by atoms with Crippen LogP contribution in [0.15, 0.2) is 60.8 Å². The minimum absolute atomic E-state index is 0.0900. The summed E-state index contributed by atoms with van der Waals surface area (Å²) >= 11 is 13.1. The molecule has 0 unspecified atom stereocenters. The Labute approximate surface area is 278 Å². The summed E-state index contributed by atoms with van der Waals surface area (Å²) in [6.07, 6.45) is 3.42. The highest BCUT2D eigenvalue weighted by Crippen LogP contribution is 2.40. The zero-order valence-corrected chi connectivity index (χ0v) is 28.1. The summed E-state index contributed by atoms with van der Waals surface area (Å²) in [6, 6.07) is 14.8. The van der Waals surface area contributed by atoms with E-state index < -0.39 is 6.03 Å². The third-order valence-corrected chi connectivity index (χ3v) is 8.54. The molecule has 2 aromatic heterocycles. The lowest BCUT2D eigenvalue weighted by Gasteiger charge is -2.31. The summed E-state index contributed by atoms with van der Waals surface area (Å²) in [5, 5.41) is 13.4. The largest absolute Gasteiger partial charge is 0.497 e. The van der Waals surface area contributed by atoms with Crippen molar-refractivity contribution in [2.45, 2.75) is 58.4 Å². The highest BCUT2D eigenvalue weighted by Gasteiger charge is 2.35. The number of methoxy groups -OCH3 is 1. The molecule has 1 fully saturated rings. The van der Waals surface area contributed by atoms with E-state index in [0.717, 1.165) is 24.2 Å². The van der Waals surface area contributed by atoms with Crippen LogP contribution >= 0.6 is 23.2 Å². The lowest BCUT2D eigenvalue weighted by molar-refractivity contribution is 0.178. The van der Waals surface area contributed by atoms with Crippen LogP contribution in [0.25, 0.3) is 5.69 Å². The highest BCUT2D eigenvalue weighted by atomic mass is 35.5. The van der Waals surface area contributed by atoms with E-state index in [2.05, 4.69) is 20.9 Å². The van der Waals surface area contributed by atoms with Crippen LogP contribution in [0.2, 0.25) is 10.0 Å². The van der Waals surface area contributed by atoms with Gasteiger partial charge in [-0.1, -0.05) is 44.0 Å². The van der Waals surface area contributed by atoms with Gasteiger partial charge in [-0.05, 0) is 69.2 Å². The standard InChI is InChI=1S/C33H37Cl2N7O4/c1-32(2,3)25-19-27(42(40-25)20-8-10-21(45-6)11-9-20)39-30(43)37-23-12-13-24(29(35)28(23)34)46-22-14-16-36-26(18-22)38-31(44)41-17-7-15-33(41,4)5/h8-14,16,18-19H,7,15,17H2,1-6H3,(H,36,38,44)(H2,37,39,43). The molecule has 3 heterocycles. The molecule has 242 valence electrons. The zero-order valence-electron chi connectivity index (χ0n) is 26.6. The number of urea groups is 2. The van der Waals surface area contributed by atoms with E-state index in [-0.39, 0.29) is 38.5 Å². The third kappa shape index (κ3) is 7.32. The maximum atomic E-state index is 13.2. The first-order valence-electron chi connectivity index (χ1n) is 14.8. The molecule has 1 aliphatic rings. The molecule has 0 atom stereocenters. The van der Waals surface area contributed by atoms with Crippen molar-refractivity contribution in [3.8, 4) is 22.9 Å². The normalized spacial score (nSPS) is 14.1. The number of nitrogens with one attached hydrogen (secondary N) is 3. The number of benzene rings is 2. The molecule has 11 nitrogen and oxygen atoms in total. The quantitative estimate of drug-likeness (QED) is 0.181. The SMILES string of the molecule is COc1ccc(-n2nc(C(C)(C)C)cc2NC(=O)Nc2ccc(Oc3ccnc(NC(=O)N4CCCC4(C)C)c3)c(Cl)c2Cl)cc1. The Kier molecular flexibility index (Phi) is 9.37. The number of anilines is 3. The lowest BCUT2D eigenvalue weighted by Crippen LogP contribution is -2.45. The van der Waals surface area contributed by atoms with Gasteiger partial charge in [-0.2, -0.15) is 5.10 Å². The second-order valence-electron chi connectivity index (χ2n) is 12.6. The molecule has 0 aliphatic carbocycles. The van der Waals surface area contributed by atoms with E-state index in [9.17, 15) is 9.59 Å². The Hall–Kier alpha value is -4.48. The second kappa shape index (κ2) is 13.1. The summed E-state index contributed by atoms with van der Waals surface area (Å²) in [4.78, 5) is 32.1. The van der Waals surface area contributed by atoms with Crippen molar-refractivity contribution in [2.75, 3.05) is 29.6 Å². The number of hydrogen-bond acceptors (Lipinski definition) is 6. The zero-order chi connectivity index (χ0) is 33.2. The van der Waals surface area contributed by atoms with Gasteiger partial charge in [0.05, 0.1) is 29.2 Å². The first-order chi connectivity index (χ1) is 21.7. The number of nitrogens with zero attached hydrogens (tertiary/aromatic N) is 4. The van der Waals surface area contributed by atoms with Gasteiger partial charge in [0.15, 0.2) is 0 Å². The molecule has 0 bridgehead atoms. The predicted molar refractivity (Wildman–Crippen MR) is 181 cm³/mol. The van der Waals surface area contributed by atoms with Gasteiger partial charge in [0.25, 0.3) is 0 Å². The molecule has 0 radical (unpaired) electrons. The Bertz CT molecular complexity index is 1750. The molecule has 46 heavy (non-hydrogen) atoms. The van der Waals surface area contributed by atoms with Crippen molar-refractivity contribution in [1.29, 1.82) is 0 Å². The Morgan fingerprint density at radius 1 is 0.935 bits per heavy atom. The van der Waals surface area contributed by atoms with Gasteiger partial charge in [0.2, 0.25) is 0 Å². The fourth-order valence-corrected chi connectivity index (χ4v) is 5.47. The van der Waals surface area contributed by atoms with Crippen molar-refractivity contribution in [2.24, 2.45) is 0 Å². The fourth-order valence-electron chi connectivity index (χ4n) is 5.06. The van der Waals surface area contributed by atoms with Gasteiger partial charge < -0.3 is 19.7 Å². The summed E-state index contributed by atoms with van der Waals surface area (Å²) in [7, 11) is 1.60.